The molecule has 1 saturated heterocycles. The van der Waals surface area contributed by atoms with Gasteiger partial charge >= 0.3 is 11.9 Å². The van der Waals surface area contributed by atoms with Crippen LogP contribution in [0.4, 0.5) is 0 Å². The number of hydrogen-bond donors (Lipinski definition) is 1. The van der Waals surface area contributed by atoms with E-state index in [4.69, 9.17) is 5.11 Å². The molecule has 5 nitrogen and oxygen atoms in total. The van der Waals surface area contributed by atoms with Crippen molar-refractivity contribution in [3.63, 3.8) is 0 Å². The topological polar surface area (TPSA) is 66.8 Å². The fourth-order valence-electron chi connectivity index (χ4n) is 1.66. The van der Waals surface area contributed by atoms with Crippen LogP contribution in [0.2, 0.25) is 0 Å². The molecule has 2 unspecified atom stereocenters. The molecule has 1 aliphatic rings. The zero-order valence-electron chi connectivity index (χ0n) is 7.69. The van der Waals surface area contributed by atoms with E-state index in [-0.39, 0.29) is 5.97 Å². The van der Waals surface area contributed by atoms with Crippen LogP contribution < -0.4 is 0 Å². The van der Waals surface area contributed by atoms with Gasteiger partial charge in [-0.2, -0.15) is 0 Å². The number of aliphatic carboxylic acids is 1. The van der Waals surface area contributed by atoms with E-state index in [0.29, 0.717) is 12.8 Å². The molecular weight excluding hydrogens is 174 g/mol. The molecule has 13 heavy (non-hydrogen) atoms. The van der Waals surface area contributed by atoms with Crippen molar-refractivity contribution < 1.29 is 19.4 Å². The SMILES string of the molecule is COC(=O)C1CCC(C(=O)O)N1C. The summed E-state index contributed by atoms with van der Waals surface area (Å²) in [5.41, 5.74) is 0. The molecule has 0 aromatic carbocycles. The van der Waals surface area contributed by atoms with E-state index in [1.54, 1.807) is 11.9 Å². The minimum Gasteiger partial charge on any atom is -0.480 e. The van der Waals surface area contributed by atoms with Crippen LogP contribution in [0.5, 0.6) is 0 Å². The number of likely N-dealkylation sites (N-methyl/N-ethyl adjacent to an activating group) is 1. The van der Waals surface area contributed by atoms with Gasteiger partial charge in [-0.1, -0.05) is 0 Å². The third kappa shape index (κ3) is 1.80. The molecular formula is C8H13NO4. The van der Waals surface area contributed by atoms with E-state index in [9.17, 15) is 9.59 Å². The Balaban J connectivity index is 2.65. The standard InChI is InChI=1S/C8H13NO4/c1-9-5(7(10)11)3-4-6(9)8(12)13-2/h5-6H,3-4H2,1-2H3,(H,10,11). The third-order valence-electron chi connectivity index (χ3n) is 2.46. The van der Waals surface area contributed by atoms with Gasteiger partial charge in [0.2, 0.25) is 0 Å². The Bertz CT molecular complexity index is 228. The van der Waals surface area contributed by atoms with Crippen LogP contribution in [0.25, 0.3) is 0 Å². The number of hydrogen-bond acceptors (Lipinski definition) is 4. The first kappa shape index (κ1) is 9.98. The highest BCUT2D eigenvalue weighted by atomic mass is 16.5. The molecule has 1 heterocycles. The highest BCUT2D eigenvalue weighted by Crippen LogP contribution is 2.22. The first-order chi connectivity index (χ1) is 6.07. The first-order valence-corrected chi connectivity index (χ1v) is 4.10. The summed E-state index contributed by atoms with van der Waals surface area (Å²) in [6, 6.07) is -0.949. The Morgan fingerprint density at radius 1 is 1.38 bits per heavy atom. The number of likely N-dealkylation sites (tertiary alicyclic amines) is 1. The Labute approximate surface area is 76.3 Å². The van der Waals surface area contributed by atoms with Gasteiger partial charge < -0.3 is 9.84 Å². The lowest BCUT2D eigenvalue weighted by Crippen LogP contribution is -2.41. The number of rotatable bonds is 2. The molecule has 1 rings (SSSR count). The zero-order chi connectivity index (χ0) is 10.0. The average Bonchev–Trinajstić information content (AvgIpc) is 2.46. The summed E-state index contributed by atoms with van der Waals surface area (Å²) in [6.45, 7) is 0. The number of ether oxygens (including phenoxy) is 1. The molecule has 1 aliphatic heterocycles. The number of methoxy groups -OCH3 is 1. The molecule has 74 valence electrons. The maximum atomic E-state index is 11.1. The summed E-state index contributed by atoms with van der Waals surface area (Å²) in [5, 5.41) is 8.76. The molecule has 0 aliphatic carbocycles. The second-order valence-corrected chi connectivity index (χ2v) is 3.14. The van der Waals surface area contributed by atoms with E-state index in [1.165, 1.54) is 7.11 Å². The summed E-state index contributed by atoms with van der Waals surface area (Å²) < 4.78 is 4.56. The maximum absolute atomic E-state index is 11.1. The highest BCUT2D eigenvalue weighted by molar-refractivity contribution is 5.80. The summed E-state index contributed by atoms with van der Waals surface area (Å²) in [6.07, 6.45) is 1.06. The predicted octanol–water partition coefficient (Wildman–Crippen LogP) is -0.293. The van der Waals surface area contributed by atoms with Gasteiger partial charge in [0.25, 0.3) is 0 Å². The summed E-state index contributed by atoms with van der Waals surface area (Å²) in [7, 11) is 2.94. The van der Waals surface area contributed by atoms with E-state index in [0.717, 1.165) is 0 Å². The van der Waals surface area contributed by atoms with Crippen molar-refractivity contribution in [3.05, 3.63) is 0 Å². The van der Waals surface area contributed by atoms with Crippen LogP contribution >= 0.6 is 0 Å². The zero-order valence-corrected chi connectivity index (χ0v) is 7.69. The number of carboxylic acid groups (broad SMARTS) is 1. The van der Waals surface area contributed by atoms with Crippen LogP contribution in [-0.2, 0) is 14.3 Å². The number of nitrogens with zero attached hydrogens (tertiary/aromatic N) is 1. The monoisotopic (exact) mass is 187 g/mol. The van der Waals surface area contributed by atoms with E-state index in [1.807, 2.05) is 0 Å². The van der Waals surface area contributed by atoms with Gasteiger partial charge in [-0.25, -0.2) is 0 Å². The van der Waals surface area contributed by atoms with Crippen molar-refractivity contribution in [1.29, 1.82) is 0 Å². The lowest BCUT2D eigenvalue weighted by atomic mass is 10.2. The van der Waals surface area contributed by atoms with Gasteiger partial charge in [0.15, 0.2) is 0 Å². The van der Waals surface area contributed by atoms with Gasteiger partial charge in [-0.05, 0) is 19.9 Å². The van der Waals surface area contributed by atoms with Gasteiger partial charge in [0.1, 0.15) is 12.1 Å². The van der Waals surface area contributed by atoms with Crippen molar-refractivity contribution in [3.8, 4) is 0 Å². The van der Waals surface area contributed by atoms with Crippen LogP contribution in [-0.4, -0.2) is 48.2 Å². The van der Waals surface area contributed by atoms with Crippen LogP contribution in [0.3, 0.4) is 0 Å². The molecule has 0 aromatic rings. The van der Waals surface area contributed by atoms with Crippen molar-refractivity contribution >= 4 is 11.9 Å². The molecule has 0 radical (unpaired) electrons. The lowest BCUT2D eigenvalue weighted by molar-refractivity contribution is -0.148. The molecule has 0 aromatic heterocycles. The second-order valence-electron chi connectivity index (χ2n) is 3.14. The van der Waals surface area contributed by atoms with Gasteiger partial charge in [-0.3, -0.25) is 14.5 Å². The minimum absolute atomic E-state index is 0.355. The highest BCUT2D eigenvalue weighted by Gasteiger charge is 2.39. The number of carbonyl (C=O) groups is 2. The number of carboxylic acids is 1. The lowest BCUT2D eigenvalue weighted by Gasteiger charge is -2.20. The predicted molar refractivity (Wildman–Crippen MR) is 44.2 cm³/mol. The molecule has 1 N–H and O–H groups in total. The smallest absolute Gasteiger partial charge is 0.323 e. The van der Waals surface area contributed by atoms with Crippen molar-refractivity contribution in [2.75, 3.05) is 14.2 Å². The van der Waals surface area contributed by atoms with Crippen LogP contribution in [0.1, 0.15) is 12.8 Å². The summed E-state index contributed by atoms with van der Waals surface area (Å²) >= 11 is 0. The normalized spacial score (nSPS) is 28.8. The van der Waals surface area contributed by atoms with Gasteiger partial charge in [0.05, 0.1) is 7.11 Å². The first-order valence-electron chi connectivity index (χ1n) is 4.10. The van der Waals surface area contributed by atoms with E-state index < -0.39 is 18.1 Å². The Hall–Kier alpha value is -1.10. The Kier molecular flexibility index (Phi) is 2.87. The number of esters is 1. The fraction of sp³-hybridized carbons (Fsp3) is 0.750. The van der Waals surface area contributed by atoms with Crippen LogP contribution in [0.15, 0.2) is 0 Å². The van der Waals surface area contributed by atoms with Crippen molar-refractivity contribution in [2.24, 2.45) is 0 Å². The molecule has 1 fully saturated rings. The van der Waals surface area contributed by atoms with E-state index in [2.05, 4.69) is 4.74 Å². The Morgan fingerprint density at radius 2 is 1.92 bits per heavy atom. The third-order valence-corrected chi connectivity index (χ3v) is 2.46. The molecule has 2 atom stereocenters. The fourth-order valence-corrected chi connectivity index (χ4v) is 1.66. The van der Waals surface area contributed by atoms with Gasteiger partial charge in [-0.15, -0.1) is 0 Å². The number of carbonyl (C=O) groups excluding carboxylic acids is 1. The summed E-state index contributed by atoms with van der Waals surface area (Å²) in [5.74, 6) is -1.24. The largest absolute Gasteiger partial charge is 0.480 e. The van der Waals surface area contributed by atoms with E-state index >= 15 is 0 Å². The molecule has 0 amide bonds. The second kappa shape index (κ2) is 3.74. The molecule has 0 saturated carbocycles. The quantitative estimate of drug-likeness (QED) is 0.601. The molecule has 0 bridgehead atoms. The van der Waals surface area contributed by atoms with Crippen molar-refractivity contribution in [1.82, 2.24) is 4.90 Å². The molecule has 0 spiro atoms. The Morgan fingerprint density at radius 3 is 2.31 bits per heavy atom. The van der Waals surface area contributed by atoms with Crippen LogP contribution in [0, 0.1) is 0 Å². The maximum Gasteiger partial charge on any atom is 0.323 e. The minimum atomic E-state index is -0.881. The van der Waals surface area contributed by atoms with Crippen molar-refractivity contribution in [2.45, 2.75) is 24.9 Å². The average molecular weight is 187 g/mol. The van der Waals surface area contributed by atoms with Gasteiger partial charge in [0, 0.05) is 0 Å². The molecule has 5 heteroatoms. The summed E-state index contributed by atoms with van der Waals surface area (Å²) in [4.78, 5) is 23.4.